The SMILES string of the molecule is COC(=O)[C@H]1O[C@@H](Oc2ccc(C=O)cc2[N+](=O)[O-])[C@H](C)[C@@H](OC(C)=O)[C@@H]1OC(C)=O. The van der Waals surface area contributed by atoms with E-state index in [4.69, 9.17) is 18.9 Å². The molecular formula is C19H21NO11. The number of nitrogens with zero attached hydrogens (tertiary/aromatic N) is 1. The Kier molecular flexibility index (Phi) is 7.64. The van der Waals surface area contributed by atoms with Crippen molar-refractivity contribution in [1.82, 2.24) is 0 Å². The zero-order chi connectivity index (χ0) is 23.3. The van der Waals surface area contributed by atoms with Crippen molar-refractivity contribution in [2.75, 3.05) is 7.11 Å². The number of esters is 3. The lowest BCUT2D eigenvalue weighted by atomic mass is 9.91. The van der Waals surface area contributed by atoms with Crippen molar-refractivity contribution in [3.8, 4) is 5.75 Å². The van der Waals surface area contributed by atoms with E-state index in [0.717, 1.165) is 27.0 Å². The summed E-state index contributed by atoms with van der Waals surface area (Å²) < 4.78 is 26.3. The normalized spacial score (nSPS) is 25.1. The van der Waals surface area contributed by atoms with Crippen LogP contribution in [0, 0.1) is 16.0 Å². The lowest BCUT2D eigenvalue weighted by Gasteiger charge is -2.42. The highest BCUT2D eigenvalue weighted by Gasteiger charge is 2.52. The van der Waals surface area contributed by atoms with E-state index >= 15 is 0 Å². The number of benzene rings is 1. The van der Waals surface area contributed by atoms with Crippen molar-refractivity contribution >= 4 is 29.9 Å². The minimum absolute atomic E-state index is 0.0526. The Morgan fingerprint density at radius 2 is 1.74 bits per heavy atom. The maximum atomic E-state index is 12.3. The Labute approximate surface area is 176 Å². The molecule has 1 saturated heterocycles. The van der Waals surface area contributed by atoms with E-state index < -0.39 is 59.0 Å². The van der Waals surface area contributed by atoms with Gasteiger partial charge in [0.15, 0.2) is 24.1 Å². The van der Waals surface area contributed by atoms with Gasteiger partial charge in [0.1, 0.15) is 6.29 Å². The molecule has 1 heterocycles. The Morgan fingerprint density at radius 3 is 2.26 bits per heavy atom. The molecule has 12 nitrogen and oxygen atoms in total. The van der Waals surface area contributed by atoms with Gasteiger partial charge < -0.3 is 23.7 Å². The van der Waals surface area contributed by atoms with E-state index in [1.807, 2.05) is 0 Å². The number of methoxy groups -OCH3 is 1. The van der Waals surface area contributed by atoms with Crippen molar-refractivity contribution in [2.45, 2.75) is 45.4 Å². The zero-order valence-electron chi connectivity index (χ0n) is 17.1. The smallest absolute Gasteiger partial charge is 0.339 e. The Balaban J connectivity index is 2.45. The number of nitro groups is 1. The number of hydrogen-bond acceptors (Lipinski definition) is 11. The summed E-state index contributed by atoms with van der Waals surface area (Å²) in [5.74, 6) is -3.50. The van der Waals surface area contributed by atoms with Crippen LogP contribution in [0.5, 0.6) is 5.75 Å². The molecular weight excluding hydrogens is 418 g/mol. The second-order valence-electron chi connectivity index (χ2n) is 6.68. The first-order valence-electron chi connectivity index (χ1n) is 9.07. The molecule has 0 spiro atoms. The van der Waals surface area contributed by atoms with Crippen molar-refractivity contribution in [3.05, 3.63) is 33.9 Å². The summed E-state index contributed by atoms with van der Waals surface area (Å²) in [7, 11) is 1.08. The third-order valence-electron chi connectivity index (χ3n) is 4.45. The summed E-state index contributed by atoms with van der Waals surface area (Å²) in [6.07, 6.45) is -4.95. The molecule has 31 heavy (non-hydrogen) atoms. The van der Waals surface area contributed by atoms with Crippen molar-refractivity contribution in [1.29, 1.82) is 0 Å². The summed E-state index contributed by atoms with van der Waals surface area (Å²) in [4.78, 5) is 57.0. The summed E-state index contributed by atoms with van der Waals surface area (Å²) in [5.41, 5.74) is -0.460. The summed E-state index contributed by atoms with van der Waals surface area (Å²) in [6.45, 7) is 3.75. The largest absolute Gasteiger partial charge is 0.467 e. The van der Waals surface area contributed by atoms with Gasteiger partial charge in [0.25, 0.3) is 0 Å². The van der Waals surface area contributed by atoms with Crippen LogP contribution in [0.25, 0.3) is 0 Å². The number of carbonyl (C=O) groups is 4. The number of ether oxygens (including phenoxy) is 5. The van der Waals surface area contributed by atoms with E-state index in [2.05, 4.69) is 4.74 Å². The minimum atomic E-state index is -1.53. The van der Waals surface area contributed by atoms with Crippen LogP contribution >= 0.6 is 0 Å². The third-order valence-corrected chi connectivity index (χ3v) is 4.45. The van der Waals surface area contributed by atoms with Crippen molar-refractivity contribution in [2.24, 2.45) is 5.92 Å². The van der Waals surface area contributed by atoms with Crippen LogP contribution in [0.4, 0.5) is 5.69 Å². The van der Waals surface area contributed by atoms with Crippen LogP contribution in [0.15, 0.2) is 18.2 Å². The first kappa shape index (κ1) is 23.7. The fourth-order valence-corrected chi connectivity index (χ4v) is 3.07. The molecule has 1 aliphatic heterocycles. The van der Waals surface area contributed by atoms with E-state index in [0.29, 0.717) is 6.29 Å². The van der Waals surface area contributed by atoms with Gasteiger partial charge in [0.05, 0.1) is 18.0 Å². The maximum Gasteiger partial charge on any atom is 0.339 e. The fourth-order valence-electron chi connectivity index (χ4n) is 3.07. The quantitative estimate of drug-likeness (QED) is 0.197. The first-order chi connectivity index (χ1) is 14.6. The Hall–Kier alpha value is -3.54. The number of hydrogen-bond donors (Lipinski definition) is 0. The van der Waals surface area contributed by atoms with E-state index in [1.54, 1.807) is 0 Å². The topological polar surface area (TPSA) is 158 Å². The zero-order valence-corrected chi connectivity index (χ0v) is 17.1. The van der Waals surface area contributed by atoms with E-state index in [9.17, 15) is 29.3 Å². The number of rotatable bonds is 7. The molecule has 1 fully saturated rings. The van der Waals surface area contributed by atoms with Gasteiger partial charge in [-0.05, 0) is 12.1 Å². The summed E-state index contributed by atoms with van der Waals surface area (Å²) in [5, 5.41) is 11.4. The predicted molar refractivity (Wildman–Crippen MR) is 100 cm³/mol. The van der Waals surface area contributed by atoms with Crippen LogP contribution in [0.2, 0.25) is 0 Å². The van der Waals surface area contributed by atoms with Gasteiger partial charge >= 0.3 is 23.6 Å². The van der Waals surface area contributed by atoms with Gasteiger partial charge in [0.2, 0.25) is 6.29 Å². The average Bonchev–Trinajstić information content (AvgIpc) is 2.71. The molecule has 1 aromatic rings. The molecule has 0 aromatic heterocycles. The molecule has 2 rings (SSSR count). The minimum Gasteiger partial charge on any atom is -0.467 e. The van der Waals surface area contributed by atoms with Crippen LogP contribution in [0.3, 0.4) is 0 Å². The maximum absolute atomic E-state index is 12.3. The highest BCUT2D eigenvalue weighted by Crippen LogP contribution is 2.35. The third kappa shape index (κ3) is 5.54. The lowest BCUT2D eigenvalue weighted by molar-refractivity contribution is -0.386. The number of aldehydes is 1. The van der Waals surface area contributed by atoms with Gasteiger partial charge in [-0.2, -0.15) is 0 Å². The summed E-state index contributed by atoms with van der Waals surface area (Å²) >= 11 is 0. The van der Waals surface area contributed by atoms with Gasteiger partial charge in [0, 0.05) is 25.5 Å². The Morgan fingerprint density at radius 1 is 1.13 bits per heavy atom. The van der Waals surface area contributed by atoms with E-state index in [1.165, 1.54) is 19.1 Å². The highest BCUT2D eigenvalue weighted by molar-refractivity contribution is 5.78. The van der Waals surface area contributed by atoms with Crippen molar-refractivity contribution in [3.63, 3.8) is 0 Å². The highest BCUT2D eigenvalue weighted by atomic mass is 16.7. The van der Waals surface area contributed by atoms with Crippen LogP contribution in [0.1, 0.15) is 31.1 Å². The predicted octanol–water partition coefficient (Wildman–Crippen LogP) is 1.18. The van der Waals surface area contributed by atoms with E-state index in [-0.39, 0.29) is 11.3 Å². The molecule has 5 atom stereocenters. The van der Waals surface area contributed by atoms with Gasteiger partial charge in [-0.25, -0.2) is 4.79 Å². The van der Waals surface area contributed by atoms with Crippen LogP contribution in [-0.2, 0) is 33.3 Å². The standard InChI is InChI=1S/C19H21NO11/c1-9-15(28-10(2)22)16(29-11(3)23)17(18(24)27-4)31-19(9)30-14-6-5-12(8-21)7-13(14)20(25)26/h5-9,15-17,19H,1-4H3/t9-,15-,16+,17+,19-/m1/s1. The number of nitro benzene ring substituents is 1. The second kappa shape index (κ2) is 9.98. The van der Waals surface area contributed by atoms with Crippen LogP contribution < -0.4 is 4.74 Å². The molecule has 0 bridgehead atoms. The Bertz CT molecular complexity index is 884. The van der Waals surface area contributed by atoms with Gasteiger partial charge in [-0.3, -0.25) is 24.5 Å². The molecule has 1 aliphatic rings. The molecule has 168 valence electrons. The average molecular weight is 439 g/mol. The van der Waals surface area contributed by atoms with Gasteiger partial charge in [-0.15, -0.1) is 0 Å². The molecule has 0 radical (unpaired) electrons. The molecule has 1 aromatic carbocycles. The monoisotopic (exact) mass is 439 g/mol. The number of carbonyl (C=O) groups excluding carboxylic acids is 4. The molecule has 0 aliphatic carbocycles. The second-order valence-corrected chi connectivity index (χ2v) is 6.68. The summed E-state index contributed by atoms with van der Waals surface area (Å²) in [6, 6.07) is 3.51. The van der Waals surface area contributed by atoms with Gasteiger partial charge in [-0.1, -0.05) is 6.92 Å². The first-order valence-corrected chi connectivity index (χ1v) is 9.07. The lowest BCUT2D eigenvalue weighted by Crippen LogP contribution is -2.60. The molecule has 0 unspecified atom stereocenters. The fraction of sp³-hybridized carbons (Fsp3) is 0.474. The molecule has 0 N–H and O–H groups in total. The molecule has 12 heteroatoms. The van der Waals surface area contributed by atoms with Crippen LogP contribution in [-0.4, -0.2) is 60.8 Å². The molecule has 0 saturated carbocycles. The molecule has 0 amide bonds. The van der Waals surface area contributed by atoms with Crippen molar-refractivity contribution < 1.29 is 47.8 Å².